The predicted molar refractivity (Wildman–Crippen MR) is 132 cm³/mol. The van der Waals surface area contributed by atoms with Gasteiger partial charge < -0.3 is 10.2 Å². The smallest absolute Gasteiger partial charge is 0.242 e. The standard InChI is InChI=1S/C24H29Cl2FN2O2S/c1-3-5-12-28-24(31)22(4-2)29(14-17-6-10-20(27)11-7-17)23(30)16-32-15-18-8-9-19(25)13-21(18)26/h6-11,13,22H,3-5,12,14-16H2,1-2H3,(H,28,31)/t22-/m1/s1. The summed E-state index contributed by atoms with van der Waals surface area (Å²) in [4.78, 5) is 27.6. The molecular weight excluding hydrogens is 470 g/mol. The highest BCUT2D eigenvalue weighted by Gasteiger charge is 2.28. The molecule has 0 radical (unpaired) electrons. The van der Waals surface area contributed by atoms with Gasteiger partial charge in [0.1, 0.15) is 11.9 Å². The van der Waals surface area contributed by atoms with E-state index in [1.165, 1.54) is 23.9 Å². The van der Waals surface area contributed by atoms with Crippen LogP contribution >= 0.6 is 35.0 Å². The van der Waals surface area contributed by atoms with Crippen molar-refractivity contribution in [1.82, 2.24) is 10.2 Å². The first-order valence-corrected chi connectivity index (χ1v) is 12.6. The fourth-order valence-corrected chi connectivity index (χ4v) is 4.65. The van der Waals surface area contributed by atoms with Crippen LogP contribution in [0.25, 0.3) is 0 Å². The lowest BCUT2D eigenvalue weighted by atomic mass is 10.1. The number of nitrogens with zero attached hydrogens (tertiary/aromatic N) is 1. The third-order valence-corrected chi connectivity index (χ3v) is 6.53. The van der Waals surface area contributed by atoms with Crippen molar-refractivity contribution in [2.75, 3.05) is 12.3 Å². The molecule has 0 saturated heterocycles. The van der Waals surface area contributed by atoms with Crippen LogP contribution in [0.3, 0.4) is 0 Å². The van der Waals surface area contributed by atoms with Gasteiger partial charge in [0, 0.05) is 28.9 Å². The summed E-state index contributed by atoms with van der Waals surface area (Å²) in [5.41, 5.74) is 1.66. The van der Waals surface area contributed by atoms with Crippen LogP contribution in [0.4, 0.5) is 4.39 Å². The molecule has 1 N–H and O–H groups in total. The Bertz CT molecular complexity index is 896. The van der Waals surface area contributed by atoms with Gasteiger partial charge in [-0.2, -0.15) is 0 Å². The maximum absolute atomic E-state index is 13.3. The van der Waals surface area contributed by atoms with Crippen LogP contribution in [0.1, 0.15) is 44.2 Å². The van der Waals surface area contributed by atoms with Gasteiger partial charge in [0.15, 0.2) is 0 Å². The summed E-state index contributed by atoms with van der Waals surface area (Å²) in [6.07, 6.45) is 2.34. The SMILES string of the molecule is CCCCNC(=O)[C@@H](CC)N(Cc1ccc(F)cc1)C(=O)CSCc1ccc(Cl)cc1Cl. The molecule has 2 aromatic carbocycles. The van der Waals surface area contributed by atoms with Gasteiger partial charge in [-0.1, -0.05) is 61.7 Å². The van der Waals surface area contributed by atoms with Gasteiger partial charge in [0.2, 0.25) is 11.8 Å². The molecule has 0 aliphatic heterocycles. The minimum Gasteiger partial charge on any atom is -0.354 e. The Morgan fingerprint density at radius 3 is 2.47 bits per heavy atom. The fourth-order valence-electron chi connectivity index (χ4n) is 3.18. The molecule has 32 heavy (non-hydrogen) atoms. The summed E-state index contributed by atoms with van der Waals surface area (Å²) >= 11 is 13.6. The second-order valence-corrected chi connectivity index (χ2v) is 9.27. The van der Waals surface area contributed by atoms with Gasteiger partial charge in [-0.05, 0) is 48.2 Å². The van der Waals surface area contributed by atoms with Crippen molar-refractivity contribution in [2.24, 2.45) is 0 Å². The van der Waals surface area contributed by atoms with Gasteiger partial charge >= 0.3 is 0 Å². The molecular formula is C24H29Cl2FN2O2S. The number of thioether (sulfide) groups is 1. The maximum atomic E-state index is 13.3. The fraction of sp³-hybridized carbons (Fsp3) is 0.417. The monoisotopic (exact) mass is 498 g/mol. The Morgan fingerprint density at radius 2 is 1.84 bits per heavy atom. The van der Waals surface area contributed by atoms with E-state index in [-0.39, 0.29) is 29.9 Å². The number of nitrogens with one attached hydrogen (secondary N) is 1. The summed E-state index contributed by atoms with van der Waals surface area (Å²) in [7, 11) is 0. The molecule has 2 rings (SSSR count). The summed E-state index contributed by atoms with van der Waals surface area (Å²) in [5, 5.41) is 4.05. The van der Waals surface area contributed by atoms with E-state index < -0.39 is 6.04 Å². The average Bonchev–Trinajstić information content (AvgIpc) is 2.76. The third-order valence-electron chi connectivity index (χ3n) is 4.98. The maximum Gasteiger partial charge on any atom is 0.242 e. The molecule has 0 bridgehead atoms. The van der Waals surface area contributed by atoms with E-state index in [1.807, 2.05) is 13.0 Å². The Kier molecular flexibility index (Phi) is 11.4. The number of hydrogen-bond acceptors (Lipinski definition) is 3. The predicted octanol–water partition coefficient (Wildman–Crippen LogP) is 6.09. The van der Waals surface area contributed by atoms with Gasteiger partial charge in [-0.3, -0.25) is 9.59 Å². The summed E-state index contributed by atoms with van der Waals surface area (Å²) in [6.45, 7) is 4.75. The molecule has 0 aliphatic carbocycles. The van der Waals surface area contributed by atoms with Crippen molar-refractivity contribution in [1.29, 1.82) is 0 Å². The molecule has 174 valence electrons. The number of rotatable bonds is 12. The normalized spacial score (nSPS) is 11.8. The number of benzene rings is 2. The first-order chi connectivity index (χ1) is 15.3. The molecule has 0 saturated carbocycles. The molecule has 0 fully saturated rings. The zero-order valence-corrected chi connectivity index (χ0v) is 20.7. The van der Waals surface area contributed by atoms with E-state index >= 15 is 0 Å². The third kappa shape index (κ3) is 8.30. The van der Waals surface area contributed by atoms with Gasteiger partial charge in [-0.25, -0.2) is 4.39 Å². The second-order valence-electron chi connectivity index (χ2n) is 7.45. The Labute approximate surface area is 203 Å². The van der Waals surface area contributed by atoms with E-state index in [0.717, 1.165) is 24.0 Å². The van der Waals surface area contributed by atoms with Crippen molar-refractivity contribution in [3.05, 3.63) is 69.5 Å². The van der Waals surface area contributed by atoms with E-state index in [1.54, 1.807) is 29.2 Å². The molecule has 8 heteroatoms. The van der Waals surface area contributed by atoms with E-state index in [4.69, 9.17) is 23.2 Å². The van der Waals surface area contributed by atoms with E-state index in [2.05, 4.69) is 12.2 Å². The summed E-state index contributed by atoms with van der Waals surface area (Å²) < 4.78 is 13.3. The topological polar surface area (TPSA) is 49.4 Å². The number of amides is 2. The number of hydrogen-bond donors (Lipinski definition) is 1. The van der Waals surface area contributed by atoms with E-state index in [9.17, 15) is 14.0 Å². The van der Waals surface area contributed by atoms with Crippen LogP contribution < -0.4 is 5.32 Å². The molecule has 4 nitrogen and oxygen atoms in total. The van der Waals surface area contributed by atoms with Crippen LogP contribution in [-0.4, -0.2) is 35.1 Å². The molecule has 2 amide bonds. The minimum absolute atomic E-state index is 0.151. The minimum atomic E-state index is -0.593. The Hall–Kier alpha value is -1.76. The highest BCUT2D eigenvalue weighted by atomic mass is 35.5. The average molecular weight is 499 g/mol. The molecule has 2 aromatic rings. The number of carbonyl (C=O) groups is 2. The second kappa shape index (κ2) is 13.7. The molecule has 0 unspecified atom stereocenters. The molecule has 0 spiro atoms. The lowest BCUT2D eigenvalue weighted by Crippen LogP contribution is -2.49. The molecule has 0 aliphatic rings. The van der Waals surface area contributed by atoms with Crippen molar-refractivity contribution in [3.63, 3.8) is 0 Å². The summed E-state index contributed by atoms with van der Waals surface area (Å²) in [5.74, 6) is 0.0836. The van der Waals surface area contributed by atoms with Crippen LogP contribution in [0, 0.1) is 5.82 Å². The molecule has 0 heterocycles. The van der Waals surface area contributed by atoms with Crippen LogP contribution in [0.2, 0.25) is 10.0 Å². The number of carbonyl (C=O) groups excluding carboxylic acids is 2. The van der Waals surface area contributed by atoms with Crippen molar-refractivity contribution in [3.8, 4) is 0 Å². The lowest BCUT2D eigenvalue weighted by Gasteiger charge is -2.30. The largest absolute Gasteiger partial charge is 0.354 e. The highest BCUT2D eigenvalue weighted by molar-refractivity contribution is 7.99. The summed E-state index contributed by atoms with van der Waals surface area (Å²) in [6, 6.07) is 10.7. The van der Waals surface area contributed by atoms with Crippen LogP contribution in [0.5, 0.6) is 0 Å². The highest BCUT2D eigenvalue weighted by Crippen LogP contribution is 2.25. The quantitative estimate of drug-likeness (QED) is 0.360. The zero-order valence-electron chi connectivity index (χ0n) is 18.4. The Balaban J connectivity index is 2.11. The number of halogens is 3. The van der Waals surface area contributed by atoms with Gasteiger partial charge in [-0.15, -0.1) is 11.8 Å². The molecule has 1 atom stereocenters. The van der Waals surface area contributed by atoms with Gasteiger partial charge in [0.25, 0.3) is 0 Å². The van der Waals surface area contributed by atoms with Crippen LogP contribution in [-0.2, 0) is 21.9 Å². The van der Waals surface area contributed by atoms with E-state index in [0.29, 0.717) is 28.8 Å². The first kappa shape index (κ1) is 26.5. The zero-order chi connectivity index (χ0) is 23.5. The first-order valence-electron chi connectivity index (χ1n) is 10.7. The van der Waals surface area contributed by atoms with Gasteiger partial charge in [0.05, 0.1) is 5.75 Å². The van der Waals surface area contributed by atoms with Crippen molar-refractivity contribution in [2.45, 2.75) is 51.4 Å². The van der Waals surface area contributed by atoms with Crippen LogP contribution in [0.15, 0.2) is 42.5 Å². The lowest BCUT2D eigenvalue weighted by molar-refractivity contribution is -0.139. The van der Waals surface area contributed by atoms with Crippen molar-refractivity contribution >= 4 is 46.8 Å². The van der Waals surface area contributed by atoms with Crippen molar-refractivity contribution < 1.29 is 14.0 Å². The molecule has 0 aromatic heterocycles. The number of unbranched alkanes of at least 4 members (excludes halogenated alkanes) is 1. The Morgan fingerprint density at radius 1 is 1.12 bits per heavy atom.